The molecule has 33 heavy (non-hydrogen) atoms. The van der Waals surface area contributed by atoms with E-state index in [1.807, 2.05) is 37.3 Å². The summed E-state index contributed by atoms with van der Waals surface area (Å²) in [6, 6.07) is 16.6. The number of ether oxygens (including phenoxy) is 2. The molecule has 1 N–H and O–H groups in total. The van der Waals surface area contributed by atoms with Crippen molar-refractivity contribution in [2.24, 2.45) is 0 Å². The molecule has 0 aliphatic rings. The number of nitrogens with one attached hydrogen (secondary N) is 1. The summed E-state index contributed by atoms with van der Waals surface area (Å²) >= 11 is 0. The molecule has 0 saturated carbocycles. The number of hydrogen-bond donors (Lipinski definition) is 1. The normalized spacial score (nSPS) is 10.8. The van der Waals surface area contributed by atoms with Gasteiger partial charge >= 0.3 is 5.97 Å². The minimum Gasteiger partial charge on any atom is -0.496 e. The summed E-state index contributed by atoms with van der Waals surface area (Å²) in [5.41, 5.74) is 3.79. The number of rotatable bonds is 7. The smallest absolute Gasteiger partial charge is 0.341 e. The third-order valence-corrected chi connectivity index (χ3v) is 5.35. The predicted molar refractivity (Wildman–Crippen MR) is 124 cm³/mol. The number of carbonyl (C=O) groups is 2. The monoisotopic (exact) mass is 444 g/mol. The van der Waals surface area contributed by atoms with Crippen molar-refractivity contribution < 1.29 is 19.1 Å². The summed E-state index contributed by atoms with van der Waals surface area (Å²) < 4.78 is 11.8. The van der Waals surface area contributed by atoms with E-state index in [0.29, 0.717) is 40.1 Å². The van der Waals surface area contributed by atoms with Crippen molar-refractivity contribution in [3.63, 3.8) is 0 Å². The van der Waals surface area contributed by atoms with Crippen LogP contribution < -0.4 is 10.1 Å². The zero-order valence-electron chi connectivity index (χ0n) is 18.7. The summed E-state index contributed by atoms with van der Waals surface area (Å²) in [6.45, 7) is 2.84. The Kier molecular flexibility index (Phi) is 6.35. The van der Waals surface area contributed by atoms with Crippen LogP contribution in [0.5, 0.6) is 5.75 Å². The van der Waals surface area contributed by atoms with Crippen LogP contribution in [0, 0.1) is 0 Å². The minimum absolute atomic E-state index is 0.221. The van der Waals surface area contributed by atoms with Crippen LogP contribution in [0.25, 0.3) is 22.3 Å². The second-order valence-electron chi connectivity index (χ2n) is 7.33. The fourth-order valence-corrected chi connectivity index (χ4v) is 3.64. The first-order chi connectivity index (χ1) is 16.0. The highest BCUT2D eigenvalue weighted by Crippen LogP contribution is 2.25. The first-order valence-electron chi connectivity index (χ1n) is 10.5. The zero-order valence-corrected chi connectivity index (χ0v) is 18.7. The average molecular weight is 444 g/mol. The van der Waals surface area contributed by atoms with E-state index in [4.69, 9.17) is 14.5 Å². The maximum atomic E-state index is 13.2. The summed E-state index contributed by atoms with van der Waals surface area (Å²) in [5, 5.41) is 8.00. The predicted octanol–water partition coefficient (Wildman–Crippen LogP) is 3.84. The van der Waals surface area contributed by atoms with Gasteiger partial charge in [-0.25, -0.2) is 14.5 Å². The Labute approximate surface area is 191 Å². The largest absolute Gasteiger partial charge is 0.496 e. The lowest BCUT2D eigenvalue weighted by molar-refractivity contribution is 0.0597. The highest BCUT2D eigenvalue weighted by molar-refractivity contribution is 6.06. The molecule has 2 aromatic carbocycles. The average Bonchev–Trinajstić information content (AvgIpc) is 3.29. The lowest BCUT2D eigenvalue weighted by atomic mass is 10.1. The number of benzene rings is 2. The van der Waals surface area contributed by atoms with E-state index in [-0.39, 0.29) is 12.5 Å². The third kappa shape index (κ3) is 4.41. The molecule has 2 heterocycles. The van der Waals surface area contributed by atoms with Gasteiger partial charge in [0.05, 0.1) is 37.1 Å². The van der Waals surface area contributed by atoms with Gasteiger partial charge < -0.3 is 14.8 Å². The SMILES string of the molecule is CCn1ncc2c(C(=O)NCc3ccc(OC)c(C(=O)OC)c3)cc(-c3ccccc3)nc21. The van der Waals surface area contributed by atoms with Gasteiger partial charge in [0, 0.05) is 18.7 Å². The second-order valence-corrected chi connectivity index (χ2v) is 7.33. The maximum Gasteiger partial charge on any atom is 0.341 e. The van der Waals surface area contributed by atoms with Crippen LogP contribution in [0.15, 0.2) is 60.8 Å². The highest BCUT2D eigenvalue weighted by atomic mass is 16.5. The van der Waals surface area contributed by atoms with Crippen molar-refractivity contribution in [2.75, 3.05) is 14.2 Å². The number of fused-ring (bicyclic) bond motifs is 1. The Morgan fingerprint density at radius 2 is 1.82 bits per heavy atom. The number of aromatic nitrogens is 3. The lowest BCUT2D eigenvalue weighted by Crippen LogP contribution is -2.23. The van der Waals surface area contributed by atoms with Crippen LogP contribution in [0.4, 0.5) is 0 Å². The van der Waals surface area contributed by atoms with E-state index >= 15 is 0 Å². The Morgan fingerprint density at radius 1 is 1.03 bits per heavy atom. The van der Waals surface area contributed by atoms with E-state index < -0.39 is 5.97 Å². The molecular formula is C25H24N4O4. The third-order valence-electron chi connectivity index (χ3n) is 5.35. The van der Waals surface area contributed by atoms with Gasteiger partial charge in [0.1, 0.15) is 11.3 Å². The number of nitrogens with zero attached hydrogens (tertiary/aromatic N) is 3. The van der Waals surface area contributed by atoms with Crippen molar-refractivity contribution in [2.45, 2.75) is 20.0 Å². The Balaban J connectivity index is 1.66. The molecule has 8 nitrogen and oxygen atoms in total. The molecule has 0 fully saturated rings. The standard InChI is InChI=1S/C25H24N4O4/c1-4-29-23-20(15-27-29)18(13-21(28-23)17-8-6-5-7-9-17)24(30)26-14-16-10-11-22(32-2)19(12-16)25(31)33-3/h5-13,15H,4,14H2,1-3H3,(H,26,30). The first-order valence-corrected chi connectivity index (χ1v) is 10.5. The molecule has 0 aliphatic heterocycles. The molecule has 1 amide bonds. The van der Waals surface area contributed by atoms with Gasteiger partial charge in [-0.2, -0.15) is 5.10 Å². The van der Waals surface area contributed by atoms with Crippen molar-refractivity contribution in [3.05, 3.63) is 77.5 Å². The van der Waals surface area contributed by atoms with Crippen LogP contribution in [-0.4, -0.2) is 40.9 Å². The molecule has 168 valence electrons. The van der Waals surface area contributed by atoms with Gasteiger partial charge in [0.15, 0.2) is 5.65 Å². The number of hydrogen-bond acceptors (Lipinski definition) is 6. The summed E-state index contributed by atoms with van der Waals surface area (Å²) in [7, 11) is 2.80. The zero-order chi connectivity index (χ0) is 23.4. The van der Waals surface area contributed by atoms with E-state index in [2.05, 4.69) is 10.4 Å². The topological polar surface area (TPSA) is 95.3 Å². The second kappa shape index (κ2) is 9.52. The number of aryl methyl sites for hydroxylation is 1. The number of esters is 1. The van der Waals surface area contributed by atoms with Crippen LogP contribution in [0.2, 0.25) is 0 Å². The fraction of sp³-hybridized carbons (Fsp3) is 0.200. The number of methoxy groups -OCH3 is 2. The molecule has 4 aromatic rings. The highest BCUT2D eigenvalue weighted by Gasteiger charge is 2.18. The van der Waals surface area contributed by atoms with Crippen molar-refractivity contribution in [1.82, 2.24) is 20.1 Å². The molecule has 0 unspecified atom stereocenters. The number of amides is 1. The van der Waals surface area contributed by atoms with E-state index in [1.165, 1.54) is 14.2 Å². The van der Waals surface area contributed by atoms with E-state index in [0.717, 1.165) is 11.1 Å². The van der Waals surface area contributed by atoms with Gasteiger partial charge in [0.2, 0.25) is 0 Å². The maximum absolute atomic E-state index is 13.2. The molecular weight excluding hydrogens is 420 g/mol. The lowest BCUT2D eigenvalue weighted by Gasteiger charge is -2.11. The fourth-order valence-electron chi connectivity index (χ4n) is 3.64. The molecule has 0 radical (unpaired) electrons. The molecule has 4 rings (SSSR count). The quantitative estimate of drug-likeness (QED) is 0.435. The number of carbonyl (C=O) groups excluding carboxylic acids is 2. The van der Waals surface area contributed by atoms with Crippen molar-refractivity contribution in [3.8, 4) is 17.0 Å². The molecule has 0 saturated heterocycles. The van der Waals surface area contributed by atoms with Gasteiger partial charge in [-0.1, -0.05) is 36.4 Å². The van der Waals surface area contributed by atoms with Crippen LogP contribution in [0.1, 0.15) is 33.2 Å². The van der Waals surface area contributed by atoms with Crippen LogP contribution in [0.3, 0.4) is 0 Å². The molecule has 0 spiro atoms. The summed E-state index contributed by atoms with van der Waals surface area (Å²) in [5.74, 6) is -0.353. The van der Waals surface area contributed by atoms with Crippen LogP contribution >= 0.6 is 0 Å². The molecule has 0 bridgehead atoms. The Bertz CT molecular complexity index is 1310. The summed E-state index contributed by atoms with van der Waals surface area (Å²) in [6.07, 6.45) is 1.66. The van der Waals surface area contributed by atoms with E-state index in [1.54, 1.807) is 35.1 Å². The Hall–Kier alpha value is -4.20. The first kappa shape index (κ1) is 22.0. The van der Waals surface area contributed by atoms with Crippen molar-refractivity contribution >= 4 is 22.9 Å². The molecule has 0 aliphatic carbocycles. The van der Waals surface area contributed by atoms with Crippen molar-refractivity contribution in [1.29, 1.82) is 0 Å². The van der Waals surface area contributed by atoms with E-state index in [9.17, 15) is 9.59 Å². The Morgan fingerprint density at radius 3 is 2.52 bits per heavy atom. The number of pyridine rings is 1. The van der Waals surface area contributed by atoms with Gasteiger partial charge in [0.25, 0.3) is 5.91 Å². The molecule has 8 heteroatoms. The van der Waals surface area contributed by atoms with Gasteiger partial charge in [-0.05, 0) is 30.7 Å². The molecule has 2 aromatic heterocycles. The minimum atomic E-state index is -0.504. The summed E-state index contributed by atoms with van der Waals surface area (Å²) in [4.78, 5) is 30.0. The van der Waals surface area contributed by atoms with Gasteiger partial charge in [-0.15, -0.1) is 0 Å². The van der Waals surface area contributed by atoms with Gasteiger partial charge in [-0.3, -0.25) is 4.79 Å². The van der Waals surface area contributed by atoms with Crippen LogP contribution in [-0.2, 0) is 17.8 Å². The molecule has 0 atom stereocenters.